The van der Waals surface area contributed by atoms with Gasteiger partial charge in [0.25, 0.3) is 0 Å². The van der Waals surface area contributed by atoms with Gasteiger partial charge in [0.1, 0.15) is 0 Å². The summed E-state index contributed by atoms with van der Waals surface area (Å²) >= 11 is 0. The molecule has 1 amide bonds. The average Bonchev–Trinajstić information content (AvgIpc) is 2.29. The fourth-order valence-corrected chi connectivity index (χ4v) is 1.90. The topological polar surface area (TPSA) is 59.2 Å². The zero-order chi connectivity index (χ0) is 12.9. The normalized spacial score (nSPS) is 14.1. The van der Waals surface area contributed by atoms with Crippen LogP contribution < -0.4 is 5.73 Å². The first-order valence-corrected chi connectivity index (χ1v) is 5.90. The zero-order valence-corrected chi connectivity index (χ0v) is 10.8. The van der Waals surface area contributed by atoms with Crippen LogP contribution in [0.3, 0.4) is 0 Å². The third kappa shape index (κ3) is 3.82. The smallest absolute Gasteiger partial charge is 0.242 e. The van der Waals surface area contributed by atoms with Crippen LogP contribution in [0, 0.1) is 0 Å². The number of likely N-dealkylation sites (N-methyl/N-ethyl adjacent to an activating group) is 1. The van der Waals surface area contributed by atoms with Gasteiger partial charge in [0.2, 0.25) is 5.91 Å². The van der Waals surface area contributed by atoms with E-state index in [2.05, 4.69) is 4.98 Å². The number of nitrogens with two attached hydrogens (primary N) is 1. The molecule has 1 aromatic rings. The van der Waals surface area contributed by atoms with E-state index >= 15 is 0 Å². The van der Waals surface area contributed by atoms with Crippen LogP contribution in [0.1, 0.15) is 32.3 Å². The molecule has 0 spiro atoms. The molecule has 0 aliphatic rings. The van der Waals surface area contributed by atoms with Crippen molar-refractivity contribution in [2.75, 3.05) is 7.05 Å². The largest absolute Gasteiger partial charge is 0.340 e. The van der Waals surface area contributed by atoms with Crippen LogP contribution in [0.2, 0.25) is 0 Å². The Morgan fingerprint density at radius 2 is 2.29 bits per heavy atom. The summed E-state index contributed by atoms with van der Waals surface area (Å²) in [5.74, 6) is -0.0248. The molecule has 0 fully saturated rings. The Balaban J connectivity index is 2.65. The van der Waals surface area contributed by atoms with Crippen LogP contribution in [-0.4, -0.2) is 28.4 Å². The second-order valence-electron chi connectivity index (χ2n) is 4.69. The molecule has 1 heterocycles. The molecule has 0 aromatic carbocycles. The van der Waals surface area contributed by atoms with E-state index in [0.717, 1.165) is 12.0 Å². The maximum absolute atomic E-state index is 12.1. The van der Waals surface area contributed by atoms with Gasteiger partial charge in [0, 0.05) is 26.0 Å². The highest BCUT2D eigenvalue weighted by Gasteiger charge is 2.29. The highest BCUT2D eigenvalue weighted by molar-refractivity contribution is 5.85. The molecule has 0 bridgehead atoms. The molecular formula is C13H21N3O. The Morgan fingerprint density at radius 1 is 1.59 bits per heavy atom. The van der Waals surface area contributed by atoms with Gasteiger partial charge in [-0.3, -0.25) is 9.78 Å². The lowest BCUT2D eigenvalue weighted by molar-refractivity contribution is -0.135. The second-order valence-corrected chi connectivity index (χ2v) is 4.69. The molecule has 0 aliphatic heterocycles. The molecule has 17 heavy (non-hydrogen) atoms. The van der Waals surface area contributed by atoms with E-state index in [9.17, 15) is 4.79 Å². The minimum Gasteiger partial charge on any atom is -0.340 e. The number of aromatic nitrogens is 1. The van der Waals surface area contributed by atoms with Crippen molar-refractivity contribution < 1.29 is 4.79 Å². The van der Waals surface area contributed by atoms with Crippen molar-refractivity contribution in [2.24, 2.45) is 5.73 Å². The van der Waals surface area contributed by atoms with E-state index in [1.165, 1.54) is 0 Å². The summed E-state index contributed by atoms with van der Waals surface area (Å²) in [6, 6.07) is 3.81. The molecule has 0 saturated heterocycles. The zero-order valence-electron chi connectivity index (χ0n) is 10.8. The molecule has 0 saturated carbocycles. The van der Waals surface area contributed by atoms with Gasteiger partial charge in [-0.15, -0.1) is 0 Å². The SMILES string of the molecule is CCCC(C)(N)C(=O)N(C)Cc1cccnc1. The van der Waals surface area contributed by atoms with Crippen molar-refractivity contribution in [3.8, 4) is 0 Å². The summed E-state index contributed by atoms with van der Waals surface area (Å²) in [5.41, 5.74) is 6.26. The Hall–Kier alpha value is -1.42. The first-order valence-electron chi connectivity index (χ1n) is 5.90. The molecule has 1 aromatic heterocycles. The van der Waals surface area contributed by atoms with Crippen LogP contribution in [0.5, 0.6) is 0 Å². The number of pyridine rings is 1. The van der Waals surface area contributed by atoms with E-state index in [1.807, 2.05) is 19.1 Å². The van der Waals surface area contributed by atoms with Crippen molar-refractivity contribution in [3.05, 3.63) is 30.1 Å². The van der Waals surface area contributed by atoms with Crippen molar-refractivity contribution in [1.82, 2.24) is 9.88 Å². The Bertz CT molecular complexity index is 362. The maximum atomic E-state index is 12.1. The molecule has 4 nitrogen and oxygen atoms in total. The highest BCUT2D eigenvalue weighted by atomic mass is 16.2. The monoisotopic (exact) mass is 235 g/mol. The molecule has 0 radical (unpaired) electrons. The standard InChI is InChI=1S/C13H21N3O/c1-4-7-13(2,14)12(17)16(3)10-11-6-5-8-15-9-11/h5-6,8-9H,4,7,10,14H2,1-3H3. The average molecular weight is 235 g/mol. The van der Waals surface area contributed by atoms with Crippen LogP contribution >= 0.6 is 0 Å². The lowest BCUT2D eigenvalue weighted by atomic mass is 9.96. The fourth-order valence-electron chi connectivity index (χ4n) is 1.90. The number of hydrogen-bond donors (Lipinski definition) is 1. The summed E-state index contributed by atoms with van der Waals surface area (Å²) in [7, 11) is 1.77. The Kier molecular flexibility index (Phi) is 4.63. The van der Waals surface area contributed by atoms with Gasteiger partial charge in [-0.1, -0.05) is 19.4 Å². The summed E-state index contributed by atoms with van der Waals surface area (Å²) in [6.45, 7) is 4.36. The third-order valence-corrected chi connectivity index (χ3v) is 2.75. The summed E-state index contributed by atoms with van der Waals surface area (Å²) in [6.07, 6.45) is 5.08. The summed E-state index contributed by atoms with van der Waals surface area (Å²) in [4.78, 5) is 17.8. The molecular weight excluding hydrogens is 214 g/mol. The fraction of sp³-hybridized carbons (Fsp3) is 0.538. The van der Waals surface area contributed by atoms with Crippen molar-refractivity contribution in [3.63, 3.8) is 0 Å². The molecule has 2 N–H and O–H groups in total. The predicted octanol–water partition coefficient (Wildman–Crippen LogP) is 1.56. The number of amides is 1. The summed E-state index contributed by atoms with van der Waals surface area (Å²) < 4.78 is 0. The van der Waals surface area contributed by atoms with Crippen molar-refractivity contribution >= 4 is 5.91 Å². The Morgan fingerprint density at radius 3 is 2.82 bits per heavy atom. The number of carbonyl (C=O) groups excluding carboxylic acids is 1. The van der Waals surface area contributed by atoms with E-state index in [4.69, 9.17) is 5.73 Å². The van der Waals surface area contributed by atoms with E-state index in [-0.39, 0.29) is 5.91 Å². The first kappa shape index (κ1) is 13.6. The molecule has 0 aliphatic carbocycles. The first-order chi connectivity index (χ1) is 7.97. The number of nitrogens with zero attached hydrogens (tertiary/aromatic N) is 2. The molecule has 94 valence electrons. The van der Waals surface area contributed by atoms with Gasteiger partial charge in [-0.05, 0) is 25.0 Å². The van der Waals surface area contributed by atoms with Crippen LogP contribution in [-0.2, 0) is 11.3 Å². The van der Waals surface area contributed by atoms with Gasteiger partial charge in [0.05, 0.1) is 5.54 Å². The van der Waals surface area contributed by atoms with Gasteiger partial charge in [-0.25, -0.2) is 0 Å². The van der Waals surface area contributed by atoms with Crippen molar-refractivity contribution in [1.29, 1.82) is 0 Å². The van der Waals surface area contributed by atoms with Crippen LogP contribution in [0.25, 0.3) is 0 Å². The second kappa shape index (κ2) is 5.77. The number of hydrogen-bond acceptors (Lipinski definition) is 3. The van der Waals surface area contributed by atoms with E-state index in [0.29, 0.717) is 13.0 Å². The number of rotatable bonds is 5. The lowest BCUT2D eigenvalue weighted by Crippen LogP contribution is -2.51. The van der Waals surface area contributed by atoms with E-state index in [1.54, 1.807) is 31.3 Å². The minimum atomic E-state index is -0.772. The van der Waals surface area contributed by atoms with Gasteiger partial charge < -0.3 is 10.6 Å². The summed E-state index contributed by atoms with van der Waals surface area (Å²) in [5, 5.41) is 0. The van der Waals surface area contributed by atoms with Gasteiger partial charge in [-0.2, -0.15) is 0 Å². The molecule has 4 heteroatoms. The highest BCUT2D eigenvalue weighted by Crippen LogP contribution is 2.13. The third-order valence-electron chi connectivity index (χ3n) is 2.75. The van der Waals surface area contributed by atoms with Gasteiger partial charge in [0.15, 0.2) is 0 Å². The minimum absolute atomic E-state index is 0.0248. The Labute approximate surface area is 103 Å². The van der Waals surface area contributed by atoms with Gasteiger partial charge >= 0.3 is 0 Å². The molecule has 1 rings (SSSR count). The van der Waals surface area contributed by atoms with E-state index < -0.39 is 5.54 Å². The number of carbonyl (C=O) groups is 1. The predicted molar refractivity (Wildman–Crippen MR) is 68.2 cm³/mol. The quantitative estimate of drug-likeness (QED) is 0.842. The van der Waals surface area contributed by atoms with Crippen LogP contribution in [0.4, 0.5) is 0 Å². The van der Waals surface area contributed by atoms with Crippen LogP contribution in [0.15, 0.2) is 24.5 Å². The molecule has 1 atom stereocenters. The van der Waals surface area contributed by atoms with Crippen molar-refractivity contribution in [2.45, 2.75) is 38.8 Å². The maximum Gasteiger partial charge on any atom is 0.242 e. The lowest BCUT2D eigenvalue weighted by Gasteiger charge is -2.29. The molecule has 1 unspecified atom stereocenters.